The third-order valence-corrected chi connectivity index (χ3v) is 4.58. The maximum atomic E-state index is 12.9. The van der Waals surface area contributed by atoms with E-state index in [0.29, 0.717) is 44.0 Å². The summed E-state index contributed by atoms with van der Waals surface area (Å²) in [6.45, 7) is 7.77. The molecule has 1 aliphatic heterocycles. The molecule has 4 nitrogen and oxygen atoms in total. The van der Waals surface area contributed by atoms with Gasteiger partial charge in [-0.25, -0.2) is 0 Å². The highest BCUT2D eigenvalue weighted by Gasteiger charge is 2.31. The van der Waals surface area contributed by atoms with E-state index in [2.05, 4.69) is 6.58 Å². The lowest BCUT2D eigenvalue weighted by Gasteiger charge is -2.34. The van der Waals surface area contributed by atoms with Gasteiger partial charge in [-0.1, -0.05) is 35.9 Å². The molecule has 0 N–H and O–H groups in total. The average molecular weight is 335 g/mol. The summed E-state index contributed by atoms with van der Waals surface area (Å²) in [5, 5.41) is 0.656. The van der Waals surface area contributed by atoms with E-state index in [1.54, 1.807) is 15.9 Å². The van der Waals surface area contributed by atoms with Crippen LogP contribution in [0.3, 0.4) is 0 Å². The van der Waals surface area contributed by atoms with E-state index >= 15 is 0 Å². The van der Waals surface area contributed by atoms with E-state index in [1.165, 1.54) is 0 Å². The van der Waals surface area contributed by atoms with Crippen molar-refractivity contribution in [2.75, 3.05) is 19.6 Å². The molecule has 0 bridgehead atoms. The van der Waals surface area contributed by atoms with Gasteiger partial charge in [0.2, 0.25) is 11.8 Å². The second-order valence-electron chi connectivity index (χ2n) is 5.77. The molecular weight excluding hydrogens is 312 g/mol. The van der Waals surface area contributed by atoms with E-state index in [9.17, 15) is 9.59 Å². The van der Waals surface area contributed by atoms with Gasteiger partial charge in [-0.3, -0.25) is 9.59 Å². The zero-order chi connectivity index (χ0) is 16.8. The quantitative estimate of drug-likeness (QED) is 0.750. The van der Waals surface area contributed by atoms with Crippen LogP contribution in [-0.2, 0) is 16.1 Å². The first-order valence-electron chi connectivity index (χ1n) is 7.97. The molecule has 1 atom stereocenters. The van der Waals surface area contributed by atoms with Crippen LogP contribution in [0.25, 0.3) is 0 Å². The van der Waals surface area contributed by atoms with Gasteiger partial charge in [-0.15, -0.1) is 6.58 Å². The van der Waals surface area contributed by atoms with Crippen molar-refractivity contribution < 1.29 is 9.59 Å². The largest absolute Gasteiger partial charge is 0.342 e. The van der Waals surface area contributed by atoms with Gasteiger partial charge in [-0.05, 0) is 25.0 Å². The van der Waals surface area contributed by atoms with Crippen molar-refractivity contribution in [3.8, 4) is 0 Å². The summed E-state index contributed by atoms with van der Waals surface area (Å²) in [6.07, 6.45) is 2.78. The third kappa shape index (κ3) is 4.35. The summed E-state index contributed by atoms with van der Waals surface area (Å²) >= 11 is 6.21. The molecule has 1 saturated heterocycles. The smallest absolute Gasteiger partial charge is 0.228 e. The zero-order valence-corrected chi connectivity index (χ0v) is 14.3. The number of rotatable bonds is 6. The Balaban J connectivity index is 2.10. The van der Waals surface area contributed by atoms with Crippen molar-refractivity contribution in [2.24, 2.45) is 5.92 Å². The predicted octanol–water partition coefficient (Wildman–Crippen LogP) is 3.11. The molecular formula is C18H23ClN2O2. The molecule has 1 aromatic rings. The van der Waals surface area contributed by atoms with E-state index < -0.39 is 0 Å². The molecule has 1 heterocycles. The van der Waals surface area contributed by atoms with Gasteiger partial charge < -0.3 is 9.80 Å². The van der Waals surface area contributed by atoms with Crippen LogP contribution in [0, 0.1) is 5.92 Å². The fourth-order valence-corrected chi connectivity index (χ4v) is 3.10. The number of amides is 2. The maximum absolute atomic E-state index is 12.9. The lowest BCUT2D eigenvalue weighted by molar-refractivity contribution is -0.143. The van der Waals surface area contributed by atoms with Crippen molar-refractivity contribution >= 4 is 23.4 Å². The first kappa shape index (κ1) is 17.5. The summed E-state index contributed by atoms with van der Waals surface area (Å²) in [4.78, 5) is 28.2. The van der Waals surface area contributed by atoms with Gasteiger partial charge in [0.15, 0.2) is 0 Å². The molecule has 5 heteroatoms. The SMILES string of the molecule is C=CCN(Cc1ccccc1Cl)C(=O)[C@@H]1CCC(=O)N(CC)C1. The summed E-state index contributed by atoms with van der Waals surface area (Å²) in [5.41, 5.74) is 0.920. The molecule has 1 aliphatic rings. The van der Waals surface area contributed by atoms with Crippen LogP contribution >= 0.6 is 11.6 Å². The van der Waals surface area contributed by atoms with Crippen LogP contribution in [0.1, 0.15) is 25.3 Å². The minimum atomic E-state index is -0.143. The van der Waals surface area contributed by atoms with Crippen LogP contribution in [0.5, 0.6) is 0 Å². The van der Waals surface area contributed by atoms with Gasteiger partial charge >= 0.3 is 0 Å². The van der Waals surface area contributed by atoms with Gasteiger partial charge in [-0.2, -0.15) is 0 Å². The minimum Gasteiger partial charge on any atom is -0.342 e. The molecule has 0 unspecified atom stereocenters. The predicted molar refractivity (Wildman–Crippen MR) is 92.0 cm³/mol. The second-order valence-corrected chi connectivity index (χ2v) is 6.17. The summed E-state index contributed by atoms with van der Waals surface area (Å²) in [5.74, 6) is 0.0591. The summed E-state index contributed by atoms with van der Waals surface area (Å²) in [7, 11) is 0. The topological polar surface area (TPSA) is 40.6 Å². The standard InChI is InChI=1S/C18H23ClN2O2/c1-3-11-21(12-14-7-5-6-8-16(14)19)18(23)15-9-10-17(22)20(4-2)13-15/h3,5-8,15H,1,4,9-13H2,2H3/t15-/m1/s1. The van der Waals surface area contributed by atoms with Crippen LogP contribution in [-0.4, -0.2) is 41.2 Å². The number of likely N-dealkylation sites (tertiary alicyclic amines) is 1. The Morgan fingerprint density at radius 2 is 2.22 bits per heavy atom. The Hall–Kier alpha value is -1.81. The number of piperidine rings is 1. The second kappa shape index (κ2) is 8.16. The zero-order valence-electron chi connectivity index (χ0n) is 13.5. The molecule has 0 aromatic heterocycles. The minimum absolute atomic E-state index is 0.0655. The first-order chi connectivity index (χ1) is 11.1. The van der Waals surface area contributed by atoms with E-state index in [4.69, 9.17) is 11.6 Å². The Morgan fingerprint density at radius 1 is 1.48 bits per heavy atom. The monoisotopic (exact) mass is 334 g/mol. The van der Waals surface area contributed by atoms with Crippen molar-refractivity contribution in [3.05, 3.63) is 47.5 Å². The molecule has 0 radical (unpaired) electrons. The molecule has 2 amide bonds. The molecule has 0 spiro atoms. The number of hydrogen-bond donors (Lipinski definition) is 0. The number of nitrogens with zero attached hydrogens (tertiary/aromatic N) is 2. The number of halogens is 1. The van der Waals surface area contributed by atoms with Gasteiger partial charge in [0.25, 0.3) is 0 Å². The van der Waals surface area contributed by atoms with Gasteiger partial charge in [0.1, 0.15) is 0 Å². The van der Waals surface area contributed by atoms with Gasteiger partial charge in [0.05, 0.1) is 5.92 Å². The summed E-state index contributed by atoms with van der Waals surface area (Å²) in [6, 6.07) is 7.53. The van der Waals surface area contributed by atoms with Crippen LogP contribution in [0.15, 0.2) is 36.9 Å². The first-order valence-corrected chi connectivity index (χ1v) is 8.35. The lowest BCUT2D eigenvalue weighted by Crippen LogP contribution is -2.46. The molecule has 0 saturated carbocycles. The van der Waals surface area contributed by atoms with Crippen LogP contribution < -0.4 is 0 Å². The number of carbonyl (C=O) groups is 2. The molecule has 2 rings (SSSR count). The highest BCUT2D eigenvalue weighted by atomic mass is 35.5. The van der Waals surface area contributed by atoms with Crippen molar-refractivity contribution in [1.82, 2.24) is 9.80 Å². The van der Waals surface area contributed by atoms with Crippen molar-refractivity contribution in [1.29, 1.82) is 0 Å². The highest BCUT2D eigenvalue weighted by Crippen LogP contribution is 2.22. The normalized spacial score (nSPS) is 17.9. The fourth-order valence-electron chi connectivity index (χ4n) is 2.90. The number of benzene rings is 1. The molecule has 0 aliphatic carbocycles. The van der Waals surface area contributed by atoms with E-state index in [-0.39, 0.29) is 17.7 Å². The van der Waals surface area contributed by atoms with E-state index in [1.807, 2.05) is 31.2 Å². The Bertz CT molecular complexity index is 588. The fraction of sp³-hybridized carbons (Fsp3) is 0.444. The number of hydrogen-bond acceptors (Lipinski definition) is 2. The van der Waals surface area contributed by atoms with Crippen molar-refractivity contribution in [2.45, 2.75) is 26.3 Å². The van der Waals surface area contributed by atoms with Crippen molar-refractivity contribution in [3.63, 3.8) is 0 Å². The van der Waals surface area contributed by atoms with Crippen LogP contribution in [0.4, 0.5) is 0 Å². The average Bonchev–Trinajstić information content (AvgIpc) is 2.56. The Morgan fingerprint density at radius 3 is 2.87 bits per heavy atom. The molecule has 1 aromatic carbocycles. The number of carbonyl (C=O) groups excluding carboxylic acids is 2. The highest BCUT2D eigenvalue weighted by molar-refractivity contribution is 6.31. The lowest BCUT2D eigenvalue weighted by atomic mass is 9.95. The Kier molecular flexibility index (Phi) is 6.22. The Labute approximate surface area is 142 Å². The summed E-state index contributed by atoms with van der Waals surface area (Å²) < 4.78 is 0. The third-order valence-electron chi connectivity index (χ3n) is 4.21. The maximum Gasteiger partial charge on any atom is 0.228 e. The van der Waals surface area contributed by atoms with Gasteiger partial charge in [0, 0.05) is 37.6 Å². The molecule has 23 heavy (non-hydrogen) atoms. The van der Waals surface area contributed by atoms with E-state index in [0.717, 1.165) is 5.56 Å². The van der Waals surface area contributed by atoms with Crippen LogP contribution in [0.2, 0.25) is 5.02 Å². The molecule has 124 valence electrons. The molecule has 1 fully saturated rings.